The molecule has 4 aromatic carbocycles. The van der Waals surface area contributed by atoms with Gasteiger partial charge < -0.3 is 0 Å². The van der Waals surface area contributed by atoms with Crippen LogP contribution in [0.15, 0.2) is 109 Å². The van der Waals surface area contributed by atoms with Crippen LogP contribution in [0.5, 0.6) is 0 Å². The third kappa shape index (κ3) is 5.51. The van der Waals surface area contributed by atoms with Gasteiger partial charge in [0.25, 0.3) is 0 Å². The van der Waals surface area contributed by atoms with E-state index in [0.717, 1.165) is 22.3 Å². The lowest BCUT2D eigenvalue weighted by atomic mass is 9.89. The lowest BCUT2D eigenvalue weighted by molar-refractivity contribution is 1.42. The van der Waals surface area contributed by atoms with E-state index < -0.39 is 0 Å². The largest absolute Gasteiger partial charge is 0.247 e. The molecule has 0 aliphatic rings. The van der Waals surface area contributed by atoms with Gasteiger partial charge in [-0.3, -0.25) is 0 Å². The minimum atomic E-state index is 1.01. The first-order valence-corrected chi connectivity index (χ1v) is 16.6. The van der Waals surface area contributed by atoms with Crippen molar-refractivity contribution in [1.29, 1.82) is 0 Å². The van der Waals surface area contributed by atoms with Crippen LogP contribution in [0.2, 0.25) is 0 Å². The molecule has 0 saturated carbocycles. The van der Waals surface area contributed by atoms with E-state index in [1.807, 2.05) is 35.3 Å². The van der Waals surface area contributed by atoms with Crippen molar-refractivity contribution in [1.82, 2.24) is 4.98 Å². The summed E-state index contributed by atoms with van der Waals surface area (Å²) in [7, 11) is 0. The van der Waals surface area contributed by atoms with Gasteiger partial charge >= 0.3 is 0 Å². The molecule has 0 amide bonds. The number of thioether (sulfide) groups is 1. The minimum absolute atomic E-state index is 1.01. The summed E-state index contributed by atoms with van der Waals surface area (Å²) < 4.78 is 0. The Morgan fingerprint density at radius 2 is 1.74 bits per heavy atom. The highest BCUT2D eigenvalue weighted by molar-refractivity contribution is 8.03. The predicted molar refractivity (Wildman–Crippen MR) is 196 cm³/mol. The molecule has 3 heteroatoms. The van der Waals surface area contributed by atoms with Crippen LogP contribution in [0.4, 0.5) is 0 Å². The van der Waals surface area contributed by atoms with E-state index >= 15 is 0 Å². The second-order valence-corrected chi connectivity index (χ2v) is 12.9. The SMILES string of the molecule is C=C/C=C\c1c(C)/c(=C\C)c2cccc3c(-c4ccc(-c5ccc6cc(/C=C/C(=C/C)SCC)ccc6n5)s4)ccc1c32. The summed E-state index contributed by atoms with van der Waals surface area (Å²) in [6, 6.07) is 26.6. The van der Waals surface area contributed by atoms with Crippen molar-refractivity contribution in [2.45, 2.75) is 27.7 Å². The van der Waals surface area contributed by atoms with Crippen molar-refractivity contribution in [3.63, 3.8) is 0 Å². The third-order valence-corrected chi connectivity index (χ3v) is 10.1. The van der Waals surface area contributed by atoms with Gasteiger partial charge in [-0.15, -0.1) is 23.1 Å². The Labute approximate surface area is 262 Å². The number of pyridine rings is 1. The first kappa shape index (κ1) is 28.9. The molecule has 43 heavy (non-hydrogen) atoms. The highest BCUT2D eigenvalue weighted by Crippen LogP contribution is 2.41. The van der Waals surface area contributed by atoms with Crippen LogP contribution in [0, 0.1) is 6.92 Å². The molecule has 0 aliphatic carbocycles. The number of rotatable bonds is 8. The van der Waals surface area contributed by atoms with E-state index in [1.54, 1.807) is 0 Å². The summed E-state index contributed by atoms with van der Waals surface area (Å²) in [4.78, 5) is 8.78. The molecular formula is C40H35NS2. The Hall–Kier alpha value is -4.18. The van der Waals surface area contributed by atoms with Gasteiger partial charge in [-0.25, -0.2) is 4.98 Å². The topological polar surface area (TPSA) is 12.9 Å². The van der Waals surface area contributed by atoms with Crippen molar-refractivity contribution in [3.8, 4) is 21.0 Å². The molecule has 0 radical (unpaired) electrons. The molecule has 0 bridgehead atoms. The average Bonchev–Trinajstić information content (AvgIpc) is 3.53. The molecule has 0 fully saturated rings. The van der Waals surface area contributed by atoms with Crippen molar-refractivity contribution < 1.29 is 0 Å². The molecule has 0 spiro atoms. The molecule has 2 aromatic heterocycles. The Bertz CT molecular complexity index is 2140. The second kappa shape index (κ2) is 12.6. The standard InChI is InChI=1S/C40H35NS2/c1-6-10-12-31-26(5)30(8-3)33-13-11-14-34-32(19-20-35(31)40(33)34)38-23-24-39(43-38)37-22-17-28-25-27(16-21-36(28)41-37)15-18-29(7-2)42-9-4/h6-8,10-25H,1,9H2,2-5H3/b12-10-,18-15+,29-7-,30-8+. The molecule has 6 rings (SSSR count). The maximum absolute atomic E-state index is 5.06. The zero-order chi connectivity index (χ0) is 29.9. The third-order valence-electron chi connectivity index (χ3n) is 7.99. The lowest BCUT2D eigenvalue weighted by Crippen LogP contribution is -2.10. The first-order chi connectivity index (χ1) is 21.1. The smallest absolute Gasteiger partial charge is 0.0809 e. The van der Waals surface area contributed by atoms with Crippen LogP contribution >= 0.6 is 23.1 Å². The van der Waals surface area contributed by atoms with Crippen molar-refractivity contribution in [2.75, 3.05) is 5.75 Å². The van der Waals surface area contributed by atoms with Gasteiger partial charge in [0.05, 0.1) is 16.1 Å². The highest BCUT2D eigenvalue weighted by atomic mass is 32.2. The van der Waals surface area contributed by atoms with E-state index in [0.29, 0.717) is 0 Å². The van der Waals surface area contributed by atoms with E-state index in [4.69, 9.17) is 4.98 Å². The molecule has 6 aromatic rings. The Morgan fingerprint density at radius 3 is 2.53 bits per heavy atom. The number of allylic oxidation sites excluding steroid dienone is 4. The van der Waals surface area contributed by atoms with Crippen LogP contribution in [-0.4, -0.2) is 10.7 Å². The normalized spacial score (nSPS) is 13.0. The summed E-state index contributed by atoms with van der Waals surface area (Å²) in [5.41, 5.74) is 7.04. The molecule has 0 N–H and O–H groups in total. The molecule has 0 atom stereocenters. The van der Waals surface area contributed by atoms with E-state index in [-0.39, 0.29) is 0 Å². The number of fused-ring (bicyclic) bond motifs is 1. The van der Waals surface area contributed by atoms with E-state index in [1.165, 1.54) is 63.7 Å². The fourth-order valence-electron chi connectivity index (χ4n) is 5.95. The molecule has 0 aliphatic heterocycles. The number of hydrogen-bond acceptors (Lipinski definition) is 3. The second-order valence-electron chi connectivity index (χ2n) is 10.5. The minimum Gasteiger partial charge on any atom is -0.247 e. The average molecular weight is 594 g/mol. The van der Waals surface area contributed by atoms with Gasteiger partial charge in [-0.1, -0.05) is 92.4 Å². The Morgan fingerprint density at radius 1 is 0.907 bits per heavy atom. The van der Waals surface area contributed by atoms with Crippen molar-refractivity contribution in [2.24, 2.45) is 0 Å². The Balaban J connectivity index is 1.39. The number of benzene rings is 4. The Kier molecular flexibility index (Phi) is 8.47. The summed E-state index contributed by atoms with van der Waals surface area (Å²) in [5, 5.41) is 7.64. The van der Waals surface area contributed by atoms with Crippen molar-refractivity contribution in [3.05, 3.63) is 130 Å². The maximum Gasteiger partial charge on any atom is 0.0809 e. The van der Waals surface area contributed by atoms with Crippen LogP contribution in [0.25, 0.3) is 71.7 Å². The van der Waals surface area contributed by atoms with Crippen LogP contribution < -0.4 is 5.22 Å². The van der Waals surface area contributed by atoms with Crippen LogP contribution in [0.1, 0.15) is 37.5 Å². The highest BCUT2D eigenvalue weighted by Gasteiger charge is 2.15. The van der Waals surface area contributed by atoms with Gasteiger partial charge in [0.2, 0.25) is 0 Å². The predicted octanol–water partition coefficient (Wildman–Crippen LogP) is 11.6. The molecule has 0 unspecified atom stereocenters. The summed E-state index contributed by atoms with van der Waals surface area (Å²) in [6.07, 6.45) is 14.9. The summed E-state index contributed by atoms with van der Waals surface area (Å²) in [6.45, 7) is 12.5. The summed E-state index contributed by atoms with van der Waals surface area (Å²) >= 11 is 3.67. The van der Waals surface area contributed by atoms with Crippen LogP contribution in [-0.2, 0) is 0 Å². The quantitative estimate of drug-likeness (QED) is 0.163. The summed E-state index contributed by atoms with van der Waals surface area (Å²) in [5.74, 6) is 1.07. The maximum atomic E-state index is 5.06. The molecular weight excluding hydrogens is 559 g/mol. The van der Waals surface area contributed by atoms with Gasteiger partial charge in [-0.05, 0) is 112 Å². The van der Waals surface area contributed by atoms with E-state index in [2.05, 4.69) is 137 Å². The number of aromatic nitrogens is 1. The van der Waals surface area contributed by atoms with Gasteiger partial charge in [-0.2, -0.15) is 0 Å². The molecule has 2 heterocycles. The lowest BCUT2D eigenvalue weighted by Gasteiger charge is -2.15. The monoisotopic (exact) mass is 593 g/mol. The van der Waals surface area contributed by atoms with Crippen molar-refractivity contribution >= 4 is 73.8 Å². The molecule has 1 nitrogen and oxygen atoms in total. The number of nitrogens with zero attached hydrogens (tertiary/aromatic N) is 1. The van der Waals surface area contributed by atoms with Gasteiger partial charge in [0, 0.05) is 15.2 Å². The molecule has 212 valence electrons. The zero-order valence-corrected chi connectivity index (χ0v) is 26.8. The fraction of sp³-hybridized carbons (Fsp3) is 0.125. The van der Waals surface area contributed by atoms with Gasteiger partial charge in [0.15, 0.2) is 0 Å². The number of hydrogen-bond donors (Lipinski definition) is 0. The van der Waals surface area contributed by atoms with Crippen LogP contribution in [0.3, 0.4) is 0 Å². The molecule has 0 saturated heterocycles. The number of thiophene rings is 1. The van der Waals surface area contributed by atoms with Gasteiger partial charge in [0.1, 0.15) is 0 Å². The van der Waals surface area contributed by atoms with E-state index in [9.17, 15) is 0 Å². The fourth-order valence-corrected chi connectivity index (χ4v) is 7.63. The zero-order valence-electron chi connectivity index (χ0n) is 25.1. The first-order valence-electron chi connectivity index (χ1n) is 14.8.